The molecule has 1 N–H and O–H groups in total. The molecule has 0 aliphatic carbocycles. The highest BCUT2D eigenvalue weighted by Gasteiger charge is 2.14. The van der Waals surface area contributed by atoms with E-state index in [0.717, 1.165) is 31.1 Å². The molecule has 21 heavy (non-hydrogen) atoms. The topological polar surface area (TPSA) is 15.3 Å². The van der Waals surface area contributed by atoms with Crippen molar-refractivity contribution < 1.29 is 0 Å². The maximum atomic E-state index is 6.33. The van der Waals surface area contributed by atoms with E-state index >= 15 is 0 Å². The van der Waals surface area contributed by atoms with E-state index in [9.17, 15) is 0 Å². The van der Waals surface area contributed by atoms with E-state index in [1.165, 1.54) is 10.4 Å². The van der Waals surface area contributed by atoms with Gasteiger partial charge in [-0.1, -0.05) is 42.8 Å². The van der Waals surface area contributed by atoms with Crippen molar-refractivity contribution in [1.82, 2.24) is 10.2 Å². The Morgan fingerprint density at radius 2 is 2.05 bits per heavy atom. The lowest BCUT2D eigenvalue weighted by Gasteiger charge is -2.23. The van der Waals surface area contributed by atoms with Crippen LogP contribution in [0.25, 0.3) is 0 Å². The number of hydrogen-bond donors (Lipinski definition) is 1. The van der Waals surface area contributed by atoms with Crippen molar-refractivity contribution >= 4 is 22.9 Å². The molecule has 0 saturated carbocycles. The molecule has 1 heterocycles. The van der Waals surface area contributed by atoms with Gasteiger partial charge in [0.2, 0.25) is 0 Å². The van der Waals surface area contributed by atoms with E-state index in [1.807, 2.05) is 23.5 Å². The molecule has 1 aromatic heterocycles. The minimum absolute atomic E-state index is 0.314. The van der Waals surface area contributed by atoms with Crippen molar-refractivity contribution in [3.8, 4) is 0 Å². The zero-order valence-corrected chi connectivity index (χ0v) is 14.3. The Labute approximate surface area is 136 Å². The quantitative estimate of drug-likeness (QED) is 0.765. The number of thiophene rings is 1. The molecular weight excluding hydrogens is 300 g/mol. The number of nitrogens with one attached hydrogen (secondary N) is 1. The molecule has 0 aliphatic heterocycles. The van der Waals surface area contributed by atoms with Gasteiger partial charge in [0, 0.05) is 29.0 Å². The van der Waals surface area contributed by atoms with Crippen molar-refractivity contribution in [2.24, 2.45) is 0 Å². The predicted molar refractivity (Wildman–Crippen MR) is 93.1 cm³/mol. The molecule has 2 nitrogen and oxygen atoms in total. The second-order valence-electron chi connectivity index (χ2n) is 5.24. The molecular formula is C17H23ClN2S. The fraction of sp³-hybridized carbons (Fsp3) is 0.412. The van der Waals surface area contributed by atoms with Gasteiger partial charge in [-0.2, -0.15) is 0 Å². The van der Waals surface area contributed by atoms with Crippen LogP contribution >= 0.6 is 22.9 Å². The number of rotatable bonds is 8. The molecule has 2 rings (SSSR count). The van der Waals surface area contributed by atoms with E-state index in [2.05, 4.69) is 53.8 Å². The van der Waals surface area contributed by atoms with Crippen LogP contribution in [0.1, 0.15) is 29.8 Å². The van der Waals surface area contributed by atoms with Crippen LogP contribution in [0.3, 0.4) is 0 Å². The number of nitrogens with zero attached hydrogens (tertiary/aromatic N) is 1. The molecule has 4 heteroatoms. The summed E-state index contributed by atoms with van der Waals surface area (Å²) in [4.78, 5) is 3.78. The summed E-state index contributed by atoms with van der Waals surface area (Å²) in [7, 11) is 2.18. The lowest BCUT2D eigenvalue weighted by molar-refractivity contribution is 0.304. The summed E-state index contributed by atoms with van der Waals surface area (Å²) >= 11 is 8.15. The monoisotopic (exact) mass is 322 g/mol. The summed E-state index contributed by atoms with van der Waals surface area (Å²) < 4.78 is 0. The third-order valence-corrected chi connectivity index (χ3v) is 4.74. The maximum Gasteiger partial charge on any atom is 0.0453 e. The van der Waals surface area contributed by atoms with Gasteiger partial charge >= 0.3 is 0 Å². The summed E-state index contributed by atoms with van der Waals surface area (Å²) in [6.07, 6.45) is 1.06. The van der Waals surface area contributed by atoms with Crippen molar-refractivity contribution in [2.45, 2.75) is 25.9 Å². The fourth-order valence-electron chi connectivity index (χ4n) is 2.47. The van der Waals surface area contributed by atoms with Gasteiger partial charge in [-0.15, -0.1) is 11.3 Å². The van der Waals surface area contributed by atoms with Crippen molar-refractivity contribution in [2.75, 3.05) is 20.1 Å². The van der Waals surface area contributed by atoms with Crippen molar-refractivity contribution in [3.63, 3.8) is 0 Å². The summed E-state index contributed by atoms with van der Waals surface area (Å²) in [6.45, 7) is 5.14. The zero-order chi connectivity index (χ0) is 15.1. The van der Waals surface area contributed by atoms with Gasteiger partial charge in [-0.25, -0.2) is 0 Å². The Balaban J connectivity index is 1.92. The molecule has 2 aromatic rings. The predicted octanol–water partition coefficient (Wildman–Crippen LogP) is 4.57. The summed E-state index contributed by atoms with van der Waals surface area (Å²) in [5, 5.41) is 6.53. The molecule has 0 radical (unpaired) electrons. The van der Waals surface area contributed by atoms with Crippen molar-refractivity contribution in [1.29, 1.82) is 0 Å². The maximum absolute atomic E-state index is 6.33. The highest BCUT2D eigenvalue weighted by Crippen LogP contribution is 2.25. The van der Waals surface area contributed by atoms with Gasteiger partial charge in [0.1, 0.15) is 0 Å². The normalized spacial score (nSPS) is 12.8. The Kier molecular flexibility index (Phi) is 6.71. The average molecular weight is 323 g/mol. The second kappa shape index (κ2) is 8.54. The molecule has 1 atom stereocenters. The highest BCUT2D eigenvalue weighted by atomic mass is 35.5. The minimum Gasteiger partial charge on any atom is -0.310 e. The molecule has 0 amide bonds. The number of benzene rings is 1. The first kappa shape index (κ1) is 16.5. The Hall–Kier alpha value is -0.870. The van der Waals surface area contributed by atoms with E-state index in [1.54, 1.807) is 0 Å². The first-order valence-corrected chi connectivity index (χ1v) is 8.65. The van der Waals surface area contributed by atoms with E-state index in [0.29, 0.717) is 6.04 Å². The van der Waals surface area contributed by atoms with Crippen LogP contribution in [0.2, 0.25) is 5.02 Å². The van der Waals surface area contributed by atoms with Gasteiger partial charge < -0.3 is 10.2 Å². The Morgan fingerprint density at radius 3 is 2.71 bits per heavy atom. The molecule has 1 unspecified atom stereocenters. The van der Waals surface area contributed by atoms with E-state index in [-0.39, 0.29) is 0 Å². The first-order valence-electron chi connectivity index (χ1n) is 7.39. The minimum atomic E-state index is 0.314. The first-order chi connectivity index (χ1) is 10.2. The molecule has 0 saturated heterocycles. The van der Waals surface area contributed by atoms with Crippen molar-refractivity contribution in [3.05, 3.63) is 57.2 Å². The third kappa shape index (κ3) is 5.11. The lowest BCUT2D eigenvalue weighted by atomic mass is 10.0. The fourth-order valence-corrected chi connectivity index (χ4v) is 3.52. The van der Waals surface area contributed by atoms with Gasteiger partial charge in [0.15, 0.2) is 0 Å². The van der Waals surface area contributed by atoms with Gasteiger partial charge in [0.05, 0.1) is 0 Å². The summed E-state index contributed by atoms with van der Waals surface area (Å²) in [5.74, 6) is 0. The zero-order valence-electron chi connectivity index (χ0n) is 12.7. The Morgan fingerprint density at radius 1 is 1.24 bits per heavy atom. The second-order valence-corrected chi connectivity index (χ2v) is 6.68. The van der Waals surface area contributed by atoms with Crippen LogP contribution < -0.4 is 5.32 Å². The van der Waals surface area contributed by atoms with Crippen LogP contribution in [-0.4, -0.2) is 25.0 Å². The highest BCUT2D eigenvalue weighted by molar-refractivity contribution is 7.09. The van der Waals surface area contributed by atoms with Gasteiger partial charge in [-0.05, 0) is 43.1 Å². The standard InChI is InChI=1S/C17H23ClN2S/c1-3-19-17(15-8-4-5-9-16(15)18)10-11-20(2)13-14-7-6-12-21-14/h4-9,12,17,19H,3,10-11,13H2,1-2H3. The molecule has 0 spiro atoms. The number of halogens is 1. The largest absolute Gasteiger partial charge is 0.310 e. The smallest absolute Gasteiger partial charge is 0.0453 e. The third-order valence-electron chi connectivity index (χ3n) is 3.54. The Bertz CT molecular complexity index is 527. The molecule has 0 bridgehead atoms. The number of hydrogen-bond acceptors (Lipinski definition) is 3. The molecule has 0 aliphatic rings. The van der Waals surface area contributed by atoms with Crippen LogP contribution in [-0.2, 0) is 6.54 Å². The van der Waals surface area contributed by atoms with Gasteiger partial charge in [0.25, 0.3) is 0 Å². The molecule has 1 aromatic carbocycles. The van der Waals surface area contributed by atoms with Gasteiger partial charge in [-0.3, -0.25) is 0 Å². The summed E-state index contributed by atoms with van der Waals surface area (Å²) in [5.41, 5.74) is 1.20. The molecule has 114 valence electrons. The van der Waals surface area contributed by atoms with E-state index < -0.39 is 0 Å². The van der Waals surface area contributed by atoms with Crippen LogP contribution in [0.4, 0.5) is 0 Å². The van der Waals surface area contributed by atoms with Crippen LogP contribution in [0.15, 0.2) is 41.8 Å². The van der Waals surface area contributed by atoms with E-state index in [4.69, 9.17) is 11.6 Å². The average Bonchev–Trinajstić information content (AvgIpc) is 2.97. The molecule has 0 fully saturated rings. The summed E-state index contributed by atoms with van der Waals surface area (Å²) in [6, 6.07) is 12.7. The van der Waals surface area contributed by atoms with Crippen LogP contribution in [0, 0.1) is 0 Å². The van der Waals surface area contributed by atoms with Crippen LogP contribution in [0.5, 0.6) is 0 Å². The SMILES string of the molecule is CCNC(CCN(C)Cc1cccs1)c1ccccc1Cl. The lowest BCUT2D eigenvalue weighted by Crippen LogP contribution is -2.27.